The van der Waals surface area contributed by atoms with Gasteiger partial charge >= 0.3 is 5.97 Å². The first kappa shape index (κ1) is 26.8. The molecule has 37 heavy (non-hydrogen) atoms. The zero-order valence-electron chi connectivity index (χ0n) is 20.7. The van der Waals surface area contributed by atoms with Gasteiger partial charge in [0.2, 0.25) is 0 Å². The summed E-state index contributed by atoms with van der Waals surface area (Å²) in [6, 6.07) is 17.8. The molecule has 7 nitrogen and oxygen atoms in total. The molecule has 192 valence electrons. The van der Waals surface area contributed by atoms with Crippen molar-refractivity contribution in [1.82, 2.24) is 4.90 Å². The summed E-state index contributed by atoms with van der Waals surface area (Å²) in [4.78, 5) is 38.3. The molecular formula is C28H26BrNO6S. The minimum Gasteiger partial charge on any atom is -0.490 e. The van der Waals surface area contributed by atoms with E-state index in [4.69, 9.17) is 14.2 Å². The van der Waals surface area contributed by atoms with Gasteiger partial charge < -0.3 is 14.2 Å². The van der Waals surface area contributed by atoms with Crippen molar-refractivity contribution in [1.29, 1.82) is 0 Å². The number of hydrogen-bond acceptors (Lipinski definition) is 7. The molecular weight excluding hydrogens is 558 g/mol. The fraction of sp³-hybridized carbons (Fsp3) is 0.250. The molecule has 0 aliphatic carbocycles. The van der Waals surface area contributed by atoms with E-state index in [-0.39, 0.29) is 11.0 Å². The van der Waals surface area contributed by atoms with Crippen LogP contribution in [0.2, 0.25) is 0 Å². The number of thioether (sulfide) groups is 1. The first-order chi connectivity index (χ1) is 17.8. The predicted molar refractivity (Wildman–Crippen MR) is 147 cm³/mol. The van der Waals surface area contributed by atoms with Crippen LogP contribution < -0.4 is 9.47 Å². The average Bonchev–Trinajstić information content (AvgIpc) is 3.10. The van der Waals surface area contributed by atoms with Gasteiger partial charge in [0.05, 0.1) is 22.1 Å². The molecule has 1 saturated heterocycles. The third kappa shape index (κ3) is 6.34. The van der Waals surface area contributed by atoms with E-state index in [9.17, 15) is 14.4 Å². The minimum absolute atomic E-state index is 0.209. The van der Waals surface area contributed by atoms with Gasteiger partial charge in [0.15, 0.2) is 11.5 Å². The molecule has 1 aliphatic heterocycles. The van der Waals surface area contributed by atoms with Crippen LogP contribution in [0.3, 0.4) is 0 Å². The van der Waals surface area contributed by atoms with E-state index in [1.54, 1.807) is 32.1 Å². The number of esters is 1. The Kier molecular flexibility index (Phi) is 8.56. The molecule has 9 heteroatoms. The van der Waals surface area contributed by atoms with Crippen LogP contribution in [0.4, 0.5) is 4.79 Å². The van der Waals surface area contributed by atoms with Gasteiger partial charge in [-0.15, -0.1) is 0 Å². The number of nitrogens with zero attached hydrogens (tertiary/aromatic N) is 1. The van der Waals surface area contributed by atoms with E-state index in [0.717, 1.165) is 33.0 Å². The number of ether oxygens (including phenoxy) is 3. The molecule has 0 bridgehead atoms. The molecule has 0 saturated carbocycles. The lowest BCUT2D eigenvalue weighted by atomic mass is 10.1. The molecule has 0 atom stereocenters. The summed E-state index contributed by atoms with van der Waals surface area (Å²) in [5.74, 6) is -0.131. The van der Waals surface area contributed by atoms with Crippen molar-refractivity contribution in [3.8, 4) is 11.5 Å². The topological polar surface area (TPSA) is 82.1 Å². The number of fused-ring (bicyclic) bond motifs is 1. The van der Waals surface area contributed by atoms with E-state index in [0.29, 0.717) is 34.7 Å². The average molecular weight is 584 g/mol. The number of imide groups is 1. The zero-order chi connectivity index (χ0) is 26.5. The van der Waals surface area contributed by atoms with Gasteiger partial charge in [-0.2, -0.15) is 0 Å². The molecule has 0 spiro atoms. The van der Waals surface area contributed by atoms with Crippen molar-refractivity contribution in [3.63, 3.8) is 0 Å². The van der Waals surface area contributed by atoms with E-state index in [2.05, 4.69) is 34.1 Å². The molecule has 1 aliphatic rings. The van der Waals surface area contributed by atoms with Crippen LogP contribution in [-0.4, -0.2) is 41.3 Å². The highest BCUT2D eigenvalue weighted by molar-refractivity contribution is 9.10. The highest BCUT2D eigenvalue weighted by Crippen LogP contribution is 2.40. The first-order valence-electron chi connectivity index (χ1n) is 11.8. The number of carbonyl (C=O) groups is 3. The zero-order valence-corrected chi connectivity index (χ0v) is 23.1. The summed E-state index contributed by atoms with van der Waals surface area (Å²) in [5.41, 5.74) is 1.68. The Morgan fingerprint density at radius 3 is 2.59 bits per heavy atom. The van der Waals surface area contributed by atoms with Gasteiger partial charge in [-0.1, -0.05) is 42.5 Å². The molecule has 4 rings (SSSR count). The van der Waals surface area contributed by atoms with Crippen molar-refractivity contribution in [2.75, 3.05) is 13.2 Å². The number of halogens is 1. The maximum atomic E-state index is 12.8. The summed E-state index contributed by atoms with van der Waals surface area (Å²) in [5, 5.41) is 1.73. The minimum atomic E-state index is -0.632. The van der Waals surface area contributed by atoms with Gasteiger partial charge in [-0.05, 0) is 88.6 Å². The lowest BCUT2D eigenvalue weighted by Gasteiger charge is -2.16. The molecule has 3 aromatic rings. The fourth-order valence-electron chi connectivity index (χ4n) is 3.86. The Bertz CT molecular complexity index is 1380. The Hall–Kier alpha value is -3.30. The summed E-state index contributed by atoms with van der Waals surface area (Å²) < 4.78 is 17.7. The van der Waals surface area contributed by atoms with Gasteiger partial charge in [0.25, 0.3) is 11.1 Å². The predicted octanol–water partition coefficient (Wildman–Crippen LogP) is 6.57. The van der Waals surface area contributed by atoms with E-state index >= 15 is 0 Å². The van der Waals surface area contributed by atoms with Crippen molar-refractivity contribution >= 4 is 61.7 Å². The smallest absolute Gasteiger partial charge is 0.326 e. The van der Waals surface area contributed by atoms with Crippen LogP contribution >= 0.6 is 27.7 Å². The summed E-state index contributed by atoms with van der Waals surface area (Å²) in [6.45, 7) is 5.61. The lowest BCUT2D eigenvalue weighted by Crippen LogP contribution is -2.35. The summed E-state index contributed by atoms with van der Waals surface area (Å²) >= 11 is 4.35. The highest BCUT2D eigenvalue weighted by atomic mass is 79.9. The van der Waals surface area contributed by atoms with Gasteiger partial charge in [-0.3, -0.25) is 19.3 Å². The van der Waals surface area contributed by atoms with Crippen molar-refractivity contribution in [2.45, 2.75) is 33.5 Å². The van der Waals surface area contributed by atoms with Gasteiger partial charge in [0, 0.05) is 0 Å². The van der Waals surface area contributed by atoms with E-state index < -0.39 is 23.7 Å². The largest absolute Gasteiger partial charge is 0.490 e. The lowest BCUT2D eigenvalue weighted by molar-refractivity contribution is -0.149. The maximum Gasteiger partial charge on any atom is 0.326 e. The molecule has 0 unspecified atom stereocenters. The Balaban J connectivity index is 1.56. The second-order valence-corrected chi connectivity index (χ2v) is 10.3. The van der Waals surface area contributed by atoms with Crippen molar-refractivity contribution < 1.29 is 28.6 Å². The van der Waals surface area contributed by atoms with Crippen LogP contribution in [0.5, 0.6) is 11.5 Å². The maximum absolute atomic E-state index is 12.8. The van der Waals surface area contributed by atoms with Crippen LogP contribution in [0.1, 0.15) is 31.9 Å². The standard InChI is InChI=1S/C28H26BrNO6S/c1-4-34-23-13-18(14-24-27(32)30(28(33)37-24)15-25(31)36-17(2)3)12-22(29)26(23)35-16-20-10-7-9-19-8-5-6-11-21(19)20/h5-14,17H,4,15-16H2,1-3H3/b24-14-. The Morgan fingerprint density at radius 1 is 1.08 bits per heavy atom. The van der Waals surface area contributed by atoms with Gasteiger partial charge in [-0.25, -0.2) is 0 Å². The SMILES string of the molecule is CCOc1cc(/C=C2\SC(=O)N(CC(=O)OC(C)C)C2=O)cc(Br)c1OCc1cccc2ccccc12. The molecule has 1 fully saturated rings. The molecule has 0 radical (unpaired) electrons. The van der Waals surface area contributed by atoms with Crippen molar-refractivity contribution in [3.05, 3.63) is 75.1 Å². The Morgan fingerprint density at radius 2 is 1.84 bits per heavy atom. The van der Waals surface area contributed by atoms with E-state index in [1.807, 2.05) is 31.2 Å². The number of benzene rings is 3. The number of hydrogen-bond donors (Lipinski definition) is 0. The molecule has 2 amide bonds. The molecule has 0 N–H and O–H groups in total. The molecule has 1 heterocycles. The van der Waals surface area contributed by atoms with Crippen LogP contribution in [0.25, 0.3) is 16.8 Å². The summed E-state index contributed by atoms with van der Waals surface area (Å²) in [7, 11) is 0. The molecule has 0 aromatic heterocycles. The fourth-order valence-corrected chi connectivity index (χ4v) is 5.27. The number of rotatable bonds is 9. The van der Waals surface area contributed by atoms with Gasteiger partial charge in [0.1, 0.15) is 13.2 Å². The first-order valence-corrected chi connectivity index (χ1v) is 13.4. The number of amides is 2. The Labute approximate surface area is 227 Å². The monoisotopic (exact) mass is 583 g/mol. The van der Waals surface area contributed by atoms with E-state index in [1.165, 1.54) is 0 Å². The number of carbonyl (C=O) groups excluding carboxylic acids is 3. The van der Waals surface area contributed by atoms with Crippen LogP contribution in [0, 0.1) is 0 Å². The molecule has 3 aromatic carbocycles. The summed E-state index contributed by atoms with van der Waals surface area (Å²) in [6.07, 6.45) is 1.26. The van der Waals surface area contributed by atoms with Crippen LogP contribution in [-0.2, 0) is 20.9 Å². The normalized spacial score (nSPS) is 14.6. The third-order valence-corrected chi connectivity index (χ3v) is 6.91. The third-order valence-electron chi connectivity index (χ3n) is 5.41. The van der Waals surface area contributed by atoms with Crippen LogP contribution in [0.15, 0.2) is 64.0 Å². The second kappa shape index (κ2) is 11.8. The second-order valence-electron chi connectivity index (χ2n) is 8.50. The highest BCUT2D eigenvalue weighted by Gasteiger charge is 2.37. The quantitative estimate of drug-likeness (QED) is 0.208. The van der Waals surface area contributed by atoms with Crippen molar-refractivity contribution in [2.24, 2.45) is 0 Å².